The van der Waals surface area contributed by atoms with Crippen molar-refractivity contribution >= 4 is 46.5 Å². The van der Waals surface area contributed by atoms with Gasteiger partial charge in [0.15, 0.2) is 5.71 Å². The number of ether oxygens (including phenoxy) is 1. The molecule has 0 bridgehead atoms. The minimum absolute atomic E-state index is 0.0895. The average Bonchev–Trinajstić information content (AvgIpc) is 3.06. The van der Waals surface area contributed by atoms with Crippen molar-refractivity contribution in [1.29, 1.82) is 0 Å². The number of para-hydroxylation sites is 1. The van der Waals surface area contributed by atoms with Crippen LogP contribution in [0, 0.1) is 0 Å². The predicted octanol–water partition coefficient (Wildman–Crippen LogP) is 4.96. The Bertz CT molecular complexity index is 1300. The number of hydrogen-bond donors (Lipinski definition) is 3. The summed E-state index contributed by atoms with van der Waals surface area (Å²) in [5.41, 5.74) is 4.95. The maximum absolute atomic E-state index is 12.8. The summed E-state index contributed by atoms with van der Waals surface area (Å²) in [6.07, 6.45) is -1.44. The summed E-state index contributed by atoms with van der Waals surface area (Å²) in [6, 6.07) is 17.9. The predicted molar refractivity (Wildman–Crippen MR) is 125 cm³/mol. The summed E-state index contributed by atoms with van der Waals surface area (Å²) in [6.45, 7) is 1.65. The number of nitrogens with one attached hydrogen (secondary N) is 1. The van der Waals surface area contributed by atoms with Crippen LogP contribution in [0.4, 0.5) is 16.2 Å². The van der Waals surface area contributed by atoms with Crippen LogP contribution in [0.2, 0.25) is 5.02 Å². The molecule has 1 aliphatic rings. The number of nitrogens with zero attached hydrogens (tertiary/aromatic N) is 3. The molecule has 166 valence electrons. The molecule has 0 spiro atoms. The molecule has 1 amide bonds. The summed E-state index contributed by atoms with van der Waals surface area (Å²) >= 11 is 5.90. The molecule has 0 saturated heterocycles. The standard InChI is InChI=1S/C23H17ClN4O5/c1-13-20(22(30)28(27-13)16-10-8-15(24)9-11-16)26-25-19-7-3-6-18(21(19)29)14-4-2-5-17(12-14)33-23(31)32/h2-12,25,29H,1H3,(H,31,32). The Morgan fingerprint density at radius 1 is 1.12 bits per heavy atom. The lowest BCUT2D eigenvalue weighted by molar-refractivity contribution is -0.112. The minimum atomic E-state index is -1.44. The molecular weight excluding hydrogens is 448 g/mol. The van der Waals surface area contributed by atoms with Crippen molar-refractivity contribution in [2.24, 2.45) is 10.2 Å². The van der Waals surface area contributed by atoms with E-state index in [1.54, 1.807) is 61.5 Å². The molecule has 0 unspecified atom stereocenters. The van der Waals surface area contributed by atoms with Crippen LogP contribution in [0.1, 0.15) is 6.92 Å². The number of phenolic OH excluding ortho intramolecular Hbond substituents is 1. The second kappa shape index (κ2) is 9.01. The number of halogens is 1. The zero-order chi connectivity index (χ0) is 23.5. The fourth-order valence-corrected chi connectivity index (χ4v) is 3.32. The van der Waals surface area contributed by atoms with Crippen LogP contribution in [-0.4, -0.2) is 33.7 Å². The van der Waals surface area contributed by atoms with Gasteiger partial charge < -0.3 is 14.9 Å². The third kappa shape index (κ3) is 4.63. The van der Waals surface area contributed by atoms with Gasteiger partial charge in [-0.1, -0.05) is 35.9 Å². The number of carbonyl (C=O) groups excluding carboxylic acids is 1. The van der Waals surface area contributed by atoms with E-state index < -0.39 is 12.1 Å². The van der Waals surface area contributed by atoms with Crippen LogP contribution in [0.15, 0.2) is 76.9 Å². The van der Waals surface area contributed by atoms with Crippen molar-refractivity contribution in [2.75, 3.05) is 10.4 Å². The molecule has 33 heavy (non-hydrogen) atoms. The van der Waals surface area contributed by atoms with Crippen LogP contribution in [0.5, 0.6) is 11.5 Å². The fourth-order valence-electron chi connectivity index (χ4n) is 3.19. The molecule has 0 radical (unpaired) electrons. The number of amides is 1. The molecule has 3 aromatic carbocycles. The maximum atomic E-state index is 12.8. The second-order valence-electron chi connectivity index (χ2n) is 6.95. The first-order valence-corrected chi connectivity index (χ1v) is 10.0. The van der Waals surface area contributed by atoms with Crippen molar-refractivity contribution in [3.05, 3.63) is 71.8 Å². The quantitative estimate of drug-likeness (QED) is 0.212. The van der Waals surface area contributed by atoms with E-state index in [-0.39, 0.29) is 22.9 Å². The van der Waals surface area contributed by atoms with Gasteiger partial charge in [-0.3, -0.25) is 10.2 Å². The molecule has 1 heterocycles. The van der Waals surface area contributed by atoms with Crippen molar-refractivity contribution in [3.8, 4) is 22.6 Å². The number of rotatable bonds is 5. The fraction of sp³-hybridized carbons (Fsp3) is 0.0435. The van der Waals surface area contributed by atoms with Crippen LogP contribution < -0.4 is 15.2 Å². The van der Waals surface area contributed by atoms with Crippen LogP contribution >= 0.6 is 11.6 Å². The maximum Gasteiger partial charge on any atom is 0.511 e. The first-order valence-electron chi connectivity index (χ1n) is 9.66. The van der Waals surface area contributed by atoms with E-state index in [0.29, 0.717) is 27.5 Å². The summed E-state index contributed by atoms with van der Waals surface area (Å²) in [7, 11) is 0. The Kier molecular flexibility index (Phi) is 5.97. The number of aromatic hydroxyl groups is 1. The topological polar surface area (TPSA) is 124 Å². The van der Waals surface area contributed by atoms with Gasteiger partial charge in [-0.05, 0) is 55.0 Å². The number of hydrazone groups is 2. The van der Waals surface area contributed by atoms with Gasteiger partial charge in [0.05, 0.1) is 17.1 Å². The van der Waals surface area contributed by atoms with Gasteiger partial charge in [0, 0.05) is 10.6 Å². The third-order valence-corrected chi connectivity index (χ3v) is 4.99. The van der Waals surface area contributed by atoms with E-state index in [2.05, 4.69) is 20.4 Å². The van der Waals surface area contributed by atoms with Crippen molar-refractivity contribution < 1.29 is 24.5 Å². The van der Waals surface area contributed by atoms with Crippen LogP contribution in [0.3, 0.4) is 0 Å². The van der Waals surface area contributed by atoms with Gasteiger partial charge in [0.2, 0.25) is 0 Å². The lowest BCUT2D eigenvalue weighted by atomic mass is 10.0. The Morgan fingerprint density at radius 3 is 2.58 bits per heavy atom. The number of anilines is 2. The first kappa shape index (κ1) is 21.8. The van der Waals surface area contributed by atoms with E-state index in [9.17, 15) is 14.7 Å². The second-order valence-corrected chi connectivity index (χ2v) is 7.38. The highest BCUT2D eigenvalue weighted by Crippen LogP contribution is 2.36. The molecule has 0 fully saturated rings. The largest absolute Gasteiger partial charge is 0.511 e. The van der Waals surface area contributed by atoms with Gasteiger partial charge in [-0.15, -0.1) is 0 Å². The molecule has 3 N–H and O–H groups in total. The molecule has 0 aromatic heterocycles. The average molecular weight is 465 g/mol. The highest BCUT2D eigenvalue weighted by Gasteiger charge is 2.30. The van der Waals surface area contributed by atoms with E-state index >= 15 is 0 Å². The molecule has 3 aromatic rings. The van der Waals surface area contributed by atoms with Crippen molar-refractivity contribution in [3.63, 3.8) is 0 Å². The summed E-state index contributed by atoms with van der Waals surface area (Å²) in [5, 5.41) is 29.7. The number of carbonyl (C=O) groups is 2. The molecule has 4 rings (SSSR count). The monoisotopic (exact) mass is 464 g/mol. The van der Waals surface area contributed by atoms with E-state index in [0.717, 1.165) is 0 Å². The zero-order valence-corrected chi connectivity index (χ0v) is 17.9. The van der Waals surface area contributed by atoms with Gasteiger partial charge in [-0.25, -0.2) is 4.79 Å². The van der Waals surface area contributed by atoms with Gasteiger partial charge in [0.1, 0.15) is 11.5 Å². The highest BCUT2D eigenvalue weighted by atomic mass is 35.5. The van der Waals surface area contributed by atoms with Gasteiger partial charge in [0.25, 0.3) is 0 Å². The number of carboxylic acid groups (broad SMARTS) is 1. The van der Waals surface area contributed by atoms with Crippen LogP contribution in [0.25, 0.3) is 11.1 Å². The Hall–Kier alpha value is -4.37. The molecular formula is C23H17ClN4O5. The summed E-state index contributed by atoms with van der Waals surface area (Å²) < 4.78 is 4.67. The smallest absolute Gasteiger partial charge is 0.505 e. The molecule has 0 atom stereocenters. The molecule has 9 nitrogen and oxygen atoms in total. The Balaban J connectivity index is 1.58. The number of benzene rings is 3. The molecule has 1 aliphatic heterocycles. The summed E-state index contributed by atoms with van der Waals surface area (Å²) in [5.74, 6) is -0.455. The van der Waals surface area contributed by atoms with Crippen molar-refractivity contribution in [1.82, 2.24) is 0 Å². The van der Waals surface area contributed by atoms with Gasteiger partial charge >= 0.3 is 12.1 Å². The summed E-state index contributed by atoms with van der Waals surface area (Å²) in [4.78, 5) is 23.6. The zero-order valence-electron chi connectivity index (χ0n) is 17.2. The highest BCUT2D eigenvalue weighted by molar-refractivity contribution is 6.71. The minimum Gasteiger partial charge on any atom is -0.505 e. The van der Waals surface area contributed by atoms with E-state index in [4.69, 9.17) is 16.7 Å². The van der Waals surface area contributed by atoms with Gasteiger partial charge in [-0.2, -0.15) is 15.2 Å². The number of hydrogen-bond acceptors (Lipinski definition) is 7. The van der Waals surface area contributed by atoms with E-state index in [1.807, 2.05) is 0 Å². The third-order valence-electron chi connectivity index (χ3n) is 4.73. The molecule has 10 heteroatoms. The number of phenols is 1. The lowest BCUT2D eigenvalue weighted by Gasteiger charge is -2.12. The van der Waals surface area contributed by atoms with E-state index in [1.165, 1.54) is 17.1 Å². The normalized spacial score (nSPS) is 14.4. The lowest BCUT2D eigenvalue weighted by Crippen LogP contribution is -2.27. The Labute approximate surface area is 193 Å². The molecule has 0 aliphatic carbocycles. The first-order chi connectivity index (χ1) is 15.8. The SMILES string of the molecule is CC1=NN(c2ccc(Cl)cc2)C(=O)C1=NNc1cccc(-c2cccc(OC(=O)O)c2)c1O. The van der Waals surface area contributed by atoms with Crippen LogP contribution in [-0.2, 0) is 4.79 Å². The van der Waals surface area contributed by atoms with Crippen molar-refractivity contribution in [2.45, 2.75) is 6.92 Å². The molecule has 0 saturated carbocycles. The Morgan fingerprint density at radius 2 is 1.85 bits per heavy atom.